The zero-order valence-electron chi connectivity index (χ0n) is 16.0. The molecule has 0 atom stereocenters. The number of amides is 2. The lowest BCUT2D eigenvalue weighted by Crippen LogP contribution is -2.33. The number of carbonyl (C=O) groups is 2. The molecular weight excluding hydrogens is 358 g/mol. The van der Waals surface area contributed by atoms with E-state index in [4.69, 9.17) is 0 Å². The van der Waals surface area contributed by atoms with Crippen LogP contribution in [0.2, 0.25) is 0 Å². The first kappa shape index (κ1) is 19.2. The van der Waals surface area contributed by atoms with Crippen LogP contribution in [0.25, 0.3) is 5.57 Å². The third kappa shape index (κ3) is 3.76. The van der Waals surface area contributed by atoms with Gasteiger partial charge in [0, 0.05) is 35.9 Å². The Labute approximate surface area is 164 Å². The van der Waals surface area contributed by atoms with Crippen LogP contribution in [0.4, 0.5) is 11.4 Å². The molecule has 1 N–H and O–H groups in total. The van der Waals surface area contributed by atoms with E-state index >= 15 is 0 Å². The molecular formula is C21H25N3O2S. The van der Waals surface area contributed by atoms with E-state index in [1.807, 2.05) is 48.7 Å². The van der Waals surface area contributed by atoms with Gasteiger partial charge < -0.3 is 10.2 Å². The predicted molar refractivity (Wildman–Crippen MR) is 112 cm³/mol. The van der Waals surface area contributed by atoms with Gasteiger partial charge in [0.2, 0.25) is 0 Å². The first-order chi connectivity index (χ1) is 13.1. The Bertz CT molecular complexity index is 837. The molecule has 0 aliphatic carbocycles. The fourth-order valence-corrected chi connectivity index (χ4v) is 4.02. The van der Waals surface area contributed by atoms with E-state index in [0.717, 1.165) is 35.8 Å². The van der Waals surface area contributed by atoms with Crippen molar-refractivity contribution >= 4 is 40.1 Å². The van der Waals surface area contributed by atoms with Crippen molar-refractivity contribution in [3.63, 3.8) is 0 Å². The van der Waals surface area contributed by atoms with Crippen molar-refractivity contribution in [1.82, 2.24) is 4.90 Å². The highest BCUT2D eigenvalue weighted by molar-refractivity contribution is 7.11. The number of hydrogen-bond acceptors (Lipinski definition) is 5. The van der Waals surface area contributed by atoms with Crippen LogP contribution in [0.3, 0.4) is 0 Å². The van der Waals surface area contributed by atoms with Crippen molar-refractivity contribution in [2.45, 2.75) is 27.2 Å². The molecule has 5 nitrogen and oxygen atoms in total. The number of thiophene rings is 1. The van der Waals surface area contributed by atoms with Gasteiger partial charge >= 0.3 is 0 Å². The maximum atomic E-state index is 12.9. The summed E-state index contributed by atoms with van der Waals surface area (Å²) >= 11 is 1.47. The monoisotopic (exact) mass is 383 g/mol. The van der Waals surface area contributed by atoms with Gasteiger partial charge in [0.25, 0.3) is 11.8 Å². The summed E-state index contributed by atoms with van der Waals surface area (Å²) in [6, 6.07) is 11.7. The molecule has 0 bridgehead atoms. The summed E-state index contributed by atoms with van der Waals surface area (Å²) in [5.74, 6) is -0.468. The average molecular weight is 384 g/mol. The fourth-order valence-electron chi connectivity index (χ4n) is 3.26. The van der Waals surface area contributed by atoms with Crippen molar-refractivity contribution in [3.05, 3.63) is 52.4 Å². The second kappa shape index (κ2) is 8.39. The highest BCUT2D eigenvalue weighted by Gasteiger charge is 2.39. The minimum absolute atomic E-state index is 0.216. The molecule has 2 heterocycles. The van der Waals surface area contributed by atoms with E-state index in [-0.39, 0.29) is 11.8 Å². The molecule has 2 aromatic rings. The average Bonchev–Trinajstić information content (AvgIpc) is 3.27. The van der Waals surface area contributed by atoms with Gasteiger partial charge in [0.1, 0.15) is 5.70 Å². The first-order valence-electron chi connectivity index (χ1n) is 9.37. The molecule has 1 aromatic carbocycles. The Kier molecular flexibility index (Phi) is 5.96. The number of carbonyl (C=O) groups excluding carboxylic acids is 2. The summed E-state index contributed by atoms with van der Waals surface area (Å²) < 4.78 is 0. The van der Waals surface area contributed by atoms with Gasteiger partial charge in [-0.15, -0.1) is 11.3 Å². The Hall–Kier alpha value is -2.60. The molecule has 0 saturated carbocycles. The van der Waals surface area contributed by atoms with E-state index in [2.05, 4.69) is 24.1 Å². The summed E-state index contributed by atoms with van der Waals surface area (Å²) in [6.07, 6.45) is 0.737. The Balaban J connectivity index is 1.92. The van der Waals surface area contributed by atoms with Crippen molar-refractivity contribution in [3.8, 4) is 0 Å². The highest BCUT2D eigenvalue weighted by atomic mass is 32.1. The maximum Gasteiger partial charge on any atom is 0.278 e. The molecule has 0 fully saturated rings. The predicted octanol–water partition coefficient (Wildman–Crippen LogP) is 4.20. The van der Waals surface area contributed by atoms with Gasteiger partial charge in [-0.25, -0.2) is 0 Å². The number of benzene rings is 1. The molecule has 0 radical (unpaired) electrons. The quantitative estimate of drug-likeness (QED) is 0.694. The number of nitrogens with one attached hydrogen (secondary N) is 1. The topological polar surface area (TPSA) is 52.7 Å². The van der Waals surface area contributed by atoms with Crippen molar-refractivity contribution < 1.29 is 9.59 Å². The summed E-state index contributed by atoms with van der Waals surface area (Å²) in [7, 11) is 0. The SMILES string of the molecule is CCCN1C(=O)C(Nc2ccc(N(CC)CC)cc2)=C(c2cccs2)C1=O. The Morgan fingerprint density at radius 1 is 1.00 bits per heavy atom. The van der Waals surface area contributed by atoms with Crippen LogP contribution >= 0.6 is 11.3 Å². The fraction of sp³-hybridized carbons (Fsp3) is 0.333. The number of nitrogens with zero attached hydrogens (tertiary/aromatic N) is 2. The second-order valence-corrected chi connectivity index (χ2v) is 7.28. The summed E-state index contributed by atoms with van der Waals surface area (Å²) in [5, 5.41) is 5.12. The summed E-state index contributed by atoms with van der Waals surface area (Å²) in [6.45, 7) is 8.52. The third-order valence-corrected chi connectivity index (χ3v) is 5.54. The summed E-state index contributed by atoms with van der Waals surface area (Å²) in [4.78, 5) is 30.1. The van der Waals surface area contributed by atoms with E-state index in [1.54, 1.807) is 0 Å². The summed E-state index contributed by atoms with van der Waals surface area (Å²) in [5.41, 5.74) is 2.77. The molecule has 0 unspecified atom stereocenters. The van der Waals surface area contributed by atoms with Crippen LogP contribution in [-0.2, 0) is 9.59 Å². The number of anilines is 2. The number of imide groups is 1. The molecule has 2 amide bonds. The molecule has 1 aromatic heterocycles. The molecule has 3 rings (SSSR count). The first-order valence-corrected chi connectivity index (χ1v) is 10.2. The van der Waals surface area contributed by atoms with Gasteiger partial charge in [0.05, 0.1) is 5.57 Å². The van der Waals surface area contributed by atoms with Gasteiger partial charge in [-0.05, 0) is 56.0 Å². The molecule has 1 aliphatic rings. The number of hydrogen-bond donors (Lipinski definition) is 1. The number of rotatable bonds is 8. The van der Waals surface area contributed by atoms with Crippen LogP contribution in [0, 0.1) is 0 Å². The Morgan fingerprint density at radius 2 is 1.70 bits per heavy atom. The lowest BCUT2D eigenvalue weighted by Gasteiger charge is -2.21. The van der Waals surface area contributed by atoms with E-state index in [0.29, 0.717) is 17.8 Å². The minimum atomic E-state index is -0.252. The standard InChI is InChI=1S/C21H25N3O2S/c1-4-13-24-20(25)18(17-8-7-14-27-17)19(21(24)26)22-15-9-11-16(12-10-15)23(5-2)6-3/h7-12,14,22H,4-6,13H2,1-3H3. The van der Waals surface area contributed by atoms with Gasteiger partial charge in [-0.1, -0.05) is 13.0 Å². The van der Waals surface area contributed by atoms with Crippen LogP contribution < -0.4 is 10.2 Å². The second-order valence-electron chi connectivity index (χ2n) is 6.33. The van der Waals surface area contributed by atoms with E-state index in [9.17, 15) is 9.59 Å². The lowest BCUT2D eigenvalue weighted by atomic mass is 10.1. The molecule has 142 valence electrons. The molecule has 0 spiro atoms. The molecule has 27 heavy (non-hydrogen) atoms. The maximum absolute atomic E-state index is 12.9. The highest BCUT2D eigenvalue weighted by Crippen LogP contribution is 2.33. The zero-order chi connectivity index (χ0) is 19.4. The Morgan fingerprint density at radius 3 is 2.26 bits per heavy atom. The minimum Gasteiger partial charge on any atom is -0.372 e. The lowest BCUT2D eigenvalue weighted by molar-refractivity contribution is -0.136. The van der Waals surface area contributed by atoms with Gasteiger partial charge in [0.15, 0.2) is 0 Å². The normalized spacial score (nSPS) is 14.3. The van der Waals surface area contributed by atoms with Crippen molar-refractivity contribution in [2.24, 2.45) is 0 Å². The molecule has 6 heteroatoms. The van der Waals surface area contributed by atoms with Crippen LogP contribution in [-0.4, -0.2) is 36.3 Å². The van der Waals surface area contributed by atoms with E-state index < -0.39 is 0 Å². The van der Waals surface area contributed by atoms with E-state index in [1.165, 1.54) is 16.2 Å². The largest absolute Gasteiger partial charge is 0.372 e. The zero-order valence-corrected chi connectivity index (χ0v) is 16.8. The van der Waals surface area contributed by atoms with Crippen molar-refractivity contribution in [2.75, 3.05) is 29.9 Å². The van der Waals surface area contributed by atoms with Crippen LogP contribution in [0.5, 0.6) is 0 Å². The van der Waals surface area contributed by atoms with Crippen molar-refractivity contribution in [1.29, 1.82) is 0 Å². The smallest absolute Gasteiger partial charge is 0.278 e. The van der Waals surface area contributed by atoms with Gasteiger partial charge in [-0.2, -0.15) is 0 Å². The molecule has 1 aliphatic heterocycles. The third-order valence-electron chi connectivity index (χ3n) is 4.65. The van der Waals surface area contributed by atoms with Crippen LogP contribution in [0.1, 0.15) is 32.1 Å². The van der Waals surface area contributed by atoms with Gasteiger partial charge in [-0.3, -0.25) is 14.5 Å². The molecule has 0 saturated heterocycles. The van der Waals surface area contributed by atoms with Crippen LogP contribution in [0.15, 0.2) is 47.5 Å².